The van der Waals surface area contributed by atoms with Gasteiger partial charge < -0.3 is 15.2 Å². The van der Waals surface area contributed by atoms with Crippen LogP contribution in [-0.2, 0) is 15.7 Å². The fourth-order valence-corrected chi connectivity index (χ4v) is 1.46. The van der Waals surface area contributed by atoms with Crippen molar-refractivity contribution in [1.82, 2.24) is 0 Å². The van der Waals surface area contributed by atoms with E-state index < -0.39 is 34.9 Å². The molecule has 10 heteroatoms. The topological polar surface area (TPSA) is 102 Å². The van der Waals surface area contributed by atoms with Gasteiger partial charge in [0.05, 0.1) is 11.5 Å². The SMILES string of the molecule is O=C(O)COCCNc1ccc([N+](=O)[O-])c(C(F)(F)F)c1. The van der Waals surface area contributed by atoms with Crippen molar-refractivity contribution in [3.8, 4) is 0 Å². The number of carbonyl (C=O) groups is 1. The summed E-state index contributed by atoms with van der Waals surface area (Å²) in [6.07, 6.45) is -4.85. The van der Waals surface area contributed by atoms with Gasteiger partial charge in [-0.25, -0.2) is 4.79 Å². The minimum absolute atomic E-state index is 0.0202. The molecule has 0 aliphatic rings. The van der Waals surface area contributed by atoms with Crippen LogP contribution in [0.5, 0.6) is 0 Å². The first kappa shape index (κ1) is 16.7. The van der Waals surface area contributed by atoms with Gasteiger partial charge in [-0.3, -0.25) is 10.1 Å². The highest BCUT2D eigenvalue weighted by molar-refractivity contribution is 5.68. The maximum absolute atomic E-state index is 12.7. The Morgan fingerprint density at radius 2 is 2.10 bits per heavy atom. The Bertz CT molecular complexity index is 533. The lowest BCUT2D eigenvalue weighted by Gasteiger charge is -2.11. The normalized spacial score (nSPS) is 11.2. The Labute approximate surface area is 116 Å². The van der Waals surface area contributed by atoms with E-state index in [1.807, 2.05) is 0 Å². The first-order valence-electron chi connectivity index (χ1n) is 5.61. The molecule has 0 radical (unpaired) electrons. The molecule has 0 saturated heterocycles. The average Bonchev–Trinajstić information content (AvgIpc) is 2.36. The summed E-state index contributed by atoms with van der Waals surface area (Å²) in [5.74, 6) is -1.16. The molecule has 1 aromatic carbocycles. The van der Waals surface area contributed by atoms with Crippen LogP contribution in [-0.4, -0.2) is 35.8 Å². The van der Waals surface area contributed by atoms with Crippen molar-refractivity contribution in [3.63, 3.8) is 0 Å². The van der Waals surface area contributed by atoms with Gasteiger partial charge in [-0.15, -0.1) is 0 Å². The minimum atomic E-state index is -4.85. The predicted octanol–water partition coefficient (Wildman–Crippen LogP) is 2.13. The Morgan fingerprint density at radius 3 is 2.62 bits per heavy atom. The van der Waals surface area contributed by atoms with Gasteiger partial charge in [-0.2, -0.15) is 13.2 Å². The Hall–Kier alpha value is -2.36. The third kappa shape index (κ3) is 5.26. The summed E-state index contributed by atoms with van der Waals surface area (Å²) in [6.45, 7) is -0.497. The number of nitro groups is 1. The lowest BCUT2D eigenvalue weighted by molar-refractivity contribution is -0.388. The zero-order valence-electron chi connectivity index (χ0n) is 10.5. The van der Waals surface area contributed by atoms with Crippen LogP contribution in [0.15, 0.2) is 18.2 Å². The summed E-state index contributed by atoms with van der Waals surface area (Å²) in [4.78, 5) is 19.6. The summed E-state index contributed by atoms with van der Waals surface area (Å²) in [5, 5.41) is 21.4. The van der Waals surface area contributed by atoms with E-state index in [0.717, 1.165) is 12.1 Å². The molecule has 0 saturated carbocycles. The molecule has 0 heterocycles. The molecule has 116 valence electrons. The van der Waals surface area contributed by atoms with E-state index in [1.54, 1.807) is 0 Å². The summed E-state index contributed by atoms with van der Waals surface area (Å²) >= 11 is 0. The average molecular weight is 308 g/mol. The molecule has 0 fully saturated rings. The van der Waals surface area contributed by atoms with Crippen LogP contribution >= 0.6 is 0 Å². The van der Waals surface area contributed by atoms with Crippen LogP contribution in [0.4, 0.5) is 24.5 Å². The highest BCUT2D eigenvalue weighted by Gasteiger charge is 2.38. The summed E-state index contributed by atoms with van der Waals surface area (Å²) in [7, 11) is 0. The fourth-order valence-electron chi connectivity index (χ4n) is 1.46. The number of ether oxygens (including phenoxy) is 1. The molecule has 0 spiro atoms. The molecule has 0 bridgehead atoms. The Balaban J connectivity index is 2.73. The van der Waals surface area contributed by atoms with Crippen molar-refractivity contribution in [1.29, 1.82) is 0 Å². The number of aliphatic carboxylic acids is 1. The summed E-state index contributed by atoms with van der Waals surface area (Å²) in [6, 6.07) is 2.50. The second-order valence-electron chi connectivity index (χ2n) is 3.86. The maximum atomic E-state index is 12.7. The number of nitro benzene ring substituents is 1. The highest BCUT2D eigenvalue weighted by atomic mass is 19.4. The largest absolute Gasteiger partial charge is 0.480 e. The van der Waals surface area contributed by atoms with Gasteiger partial charge in [0.1, 0.15) is 12.2 Å². The van der Waals surface area contributed by atoms with Crippen LogP contribution in [0.25, 0.3) is 0 Å². The van der Waals surface area contributed by atoms with E-state index in [1.165, 1.54) is 0 Å². The van der Waals surface area contributed by atoms with Crippen LogP contribution in [0.2, 0.25) is 0 Å². The second-order valence-corrected chi connectivity index (χ2v) is 3.86. The highest BCUT2D eigenvalue weighted by Crippen LogP contribution is 2.37. The number of halogens is 3. The van der Waals surface area contributed by atoms with E-state index in [-0.39, 0.29) is 18.8 Å². The zero-order valence-corrected chi connectivity index (χ0v) is 10.5. The smallest absolute Gasteiger partial charge is 0.423 e. The fraction of sp³-hybridized carbons (Fsp3) is 0.364. The van der Waals surface area contributed by atoms with Gasteiger partial charge in [0.25, 0.3) is 5.69 Å². The third-order valence-corrected chi connectivity index (χ3v) is 2.30. The van der Waals surface area contributed by atoms with Gasteiger partial charge >= 0.3 is 12.1 Å². The third-order valence-electron chi connectivity index (χ3n) is 2.30. The van der Waals surface area contributed by atoms with Gasteiger partial charge in [0.2, 0.25) is 0 Å². The molecule has 0 aliphatic carbocycles. The van der Waals surface area contributed by atoms with E-state index >= 15 is 0 Å². The van der Waals surface area contributed by atoms with Crippen molar-refractivity contribution >= 4 is 17.3 Å². The Morgan fingerprint density at radius 1 is 1.43 bits per heavy atom. The minimum Gasteiger partial charge on any atom is -0.480 e. The number of nitrogens with zero attached hydrogens (tertiary/aromatic N) is 1. The number of anilines is 1. The molecular weight excluding hydrogens is 297 g/mol. The van der Waals surface area contributed by atoms with Crippen molar-refractivity contribution in [2.45, 2.75) is 6.18 Å². The molecule has 1 aromatic rings. The maximum Gasteiger partial charge on any atom is 0.423 e. The monoisotopic (exact) mass is 308 g/mol. The van der Waals surface area contributed by atoms with Crippen LogP contribution in [0.3, 0.4) is 0 Å². The molecule has 0 aliphatic heterocycles. The van der Waals surface area contributed by atoms with Crippen molar-refractivity contribution in [3.05, 3.63) is 33.9 Å². The van der Waals surface area contributed by atoms with Crippen LogP contribution in [0, 0.1) is 10.1 Å². The summed E-state index contributed by atoms with van der Waals surface area (Å²) < 4.78 is 42.8. The number of alkyl halides is 3. The van der Waals surface area contributed by atoms with Crippen LogP contribution in [0.1, 0.15) is 5.56 Å². The number of carboxylic acid groups (broad SMARTS) is 1. The van der Waals surface area contributed by atoms with Crippen molar-refractivity contribution in [2.24, 2.45) is 0 Å². The molecule has 2 N–H and O–H groups in total. The first-order valence-corrected chi connectivity index (χ1v) is 5.61. The lowest BCUT2D eigenvalue weighted by Crippen LogP contribution is -2.15. The van der Waals surface area contributed by atoms with E-state index in [2.05, 4.69) is 10.1 Å². The molecule has 0 atom stereocenters. The molecule has 21 heavy (non-hydrogen) atoms. The van der Waals surface area contributed by atoms with Gasteiger partial charge in [0.15, 0.2) is 0 Å². The molecule has 1 rings (SSSR count). The lowest BCUT2D eigenvalue weighted by atomic mass is 10.1. The van der Waals surface area contributed by atoms with Gasteiger partial charge in [0, 0.05) is 18.3 Å². The molecule has 0 amide bonds. The van der Waals surface area contributed by atoms with Crippen LogP contribution < -0.4 is 5.32 Å². The first-order chi connectivity index (χ1) is 9.71. The zero-order chi connectivity index (χ0) is 16.0. The van der Waals surface area contributed by atoms with E-state index in [9.17, 15) is 28.1 Å². The quantitative estimate of drug-likeness (QED) is 0.454. The van der Waals surface area contributed by atoms with Gasteiger partial charge in [-0.05, 0) is 12.1 Å². The predicted molar refractivity (Wildman–Crippen MR) is 65.0 cm³/mol. The number of carboxylic acids is 1. The number of benzene rings is 1. The van der Waals surface area contributed by atoms with Crippen molar-refractivity contribution < 1.29 is 32.7 Å². The van der Waals surface area contributed by atoms with Gasteiger partial charge in [-0.1, -0.05) is 0 Å². The molecule has 0 unspecified atom stereocenters. The molecule has 7 nitrogen and oxygen atoms in total. The summed E-state index contributed by atoms with van der Waals surface area (Å²) in [5.41, 5.74) is -2.37. The van der Waals surface area contributed by atoms with Crippen molar-refractivity contribution in [2.75, 3.05) is 25.1 Å². The Kier molecular flexibility index (Phi) is 5.47. The molecular formula is C11H11F3N2O5. The molecule has 0 aromatic heterocycles. The standard InChI is InChI=1S/C11H11F3N2O5/c12-11(13,14)8-5-7(1-2-9(8)16(19)20)15-3-4-21-6-10(17)18/h1-2,5,15H,3-4,6H2,(H,17,18). The number of nitrogens with one attached hydrogen (secondary N) is 1. The van der Waals surface area contributed by atoms with E-state index in [0.29, 0.717) is 6.07 Å². The number of hydrogen-bond donors (Lipinski definition) is 2. The second kappa shape index (κ2) is 6.88. The van der Waals surface area contributed by atoms with E-state index in [4.69, 9.17) is 5.11 Å². The number of rotatable bonds is 7. The number of hydrogen-bond acceptors (Lipinski definition) is 5.